The zero-order chi connectivity index (χ0) is 20.8. The van der Waals surface area contributed by atoms with Crippen LogP contribution in [0.25, 0.3) is 0 Å². The maximum Gasteiger partial charge on any atom is 0.273 e. The number of nitrogens with one attached hydrogen (secondary N) is 2. The summed E-state index contributed by atoms with van der Waals surface area (Å²) in [5.74, 6) is -0.162. The van der Waals surface area contributed by atoms with E-state index in [0.717, 1.165) is 22.7 Å². The Morgan fingerprint density at radius 2 is 1.86 bits per heavy atom. The van der Waals surface area contributed by atoms with Gasteiger partial charge in [-0.25, -0.2) is 0 Å². The second-order valence-corrected chi connectivity index (χ2v) is 7.26. The minimum Gasteiger partial charge on any atom is -0.497 e. The van der Waals surface area contributed by atoms with Crippen LogP contribution in [0.1, 0.15) is 31.3 Å². The van der Waals surface area contributed by atoms with Crippen LogP contribution in [0.5, 0.6) is 5.75 Å². The van der Waals surface area contributed by atoms with Gasteiger partial charge in [0.2, 0.25) is 0 Å². The van der Waals surface area contributed by atoms with E-state index in [4.69, 9.17) is 22.1 Å². The molecule has 0 spiro atoms. The first kappa shape index (κ1) is 20.6. The van der Waals surface area contributed by atoms with Crippen molar-refractivity contribution in [1.29, 1.82) is 0 Å². The van der Waals surface area contributed by atoms with Gasteiger partial charge >= 0.3 is 0 Å². The summed E-state index contributed by atoms with van der Waals surface area (Å²) in [4.78, 5) is 25.0. The molecule has 2 amide bonds. The second kappa shape index (κ2) is 9.40. The van der Waals surface area contributed by atoms with Gasteiger partial charge < -0.3 is 21.1 Å². The highest BCUT2D eigenvalue weighted by Gasteiger charge is 2.22. The molecule has 0 aliphatic rings. The van der Waals surface area contributed by atoms with Gasteiger partial charge in [0.15, 0.2) is 5.69 Å². The lowest BCUT2D eigenvalue weighted by Gasteiger charge is -2.07. The fourth-order valence-electron chi connectivity index (χ4n) is 2.57. The Labute approximate surface area is 177 Å². The van der Waals surface area contributed by atoms with Crippen molar-refractivity contribution in [1.82, 2.24) is 15.0 Å². The lowest BCUT2D eigenvalue weighted by atomic mass is 10.2. The van der Waals surface area contributed by atoms with Crippen molar-refractivity contribution in [3.8, 4) is 5.75 Å². The first-order valence-corrected chi connectivity index (χ1v) is 9.82. The maximum absolute atomic E-state index is 12.5. The number of methoxy groups -OCH3 is 1. The number of nitrogen functional groups attached to an aromatic ring is 1. The van der Waals surface area contributed by atoms with E-state index in [-0.39, 0.29) is 22.8 Å². The van der Waals surface area contributed by atoms with E-state index in [2.05, 4.69) is 15.0 Å². The predicted molar refractivity (Wildman–Crippen MR) is 113 cm³/mol. The number of benzene rings is 2. The van der Waals surface area contributed by atoms with E-state index >= 15 is 0 Å². The number of hydrogen-bond donors (Lipinski definition) is 3. The first-order valence-electron chi connectivity index (χ1n) is 8.67. The molecule has 1 heterocycles. The van der Waals surface area contributed by atoms with Crippen LogP contribution in [0.4, 0.5) is 5.69 Å². The number of aromatic nitrogens is 1. The van der Waals surface area contributed by atoms with Crippen molar-refractivity contribution in [2.75, 3.05) is 12.8 Å². The van der Waals surface area contributed by atoms with Crippen LogP contribution in [0.15, 0.2) is 48.5 Å². The molecule has 0 aliphatic carbocycles. The van der Waals surface area contributed by atoms with E-state index in [1.54, 1.807) is 13.2 Å². The SMILES string of the molecule is COc1cccc(CNC(=O)c2snc(C(=O)NCc3ccccc3Cl)c2N)c1. The highest BCUT2D eigenvalue weighted by atomic mass is 35.5. The van der Waals surface area contributed by atoms with E-state index in [1.807, 2.05) is 42.5 Å². The number of rotatable bonds is 7. The van der Waals surface area contributed by atoms with E-state index in [1.165, 1.54) is 0 Å². The molecule has 150 valence electrons. The van der Waals surface area contributed by atoms with E-state index in [0.29, 0.717) is 17.3 Å². The van der Waals surface area contributed by atoms with Crippen molar-refractivity contribution in [2.24, 2.45) is 0 Å². The van der Waals surface area contributed by atoms with Gasteiger partial charge in [-0.05, 0) is 40.9 Å². The van der Waals surface area contributed by atoms with Gasteiger partial charge in [-0.2, -0.15) is 4.37 Å². The highest BCUT2D eigenvalue weighted by Crippen LogP contribution is 2.22. The predicted octanol–water partition coefficient (Wildman–Crippen LogP) is 3.25. The Morgan fingerprint density at radius 1 is 1.10 bits per heavy atom. The Balaban J connectivity index is 1.62. The molecule has 0 saturated carbocycles. The normalized spacial score (nSPS) is 10.4. The molecule has 0 bridgehead atoms. The van der Waals surface area contributed by atoms with Gasteiger partial charge in [0.25, 0.3) is 11.8 Å². The molecular weight excluding hydrogens is 412 g/mol. The molecule has 9 heteroatoms. The number of anilines is 1. The number of halogens is 1. The number of ether oxygens (including phenoxy) is 1. The zero-order valence-electron chi connectivity index (χ0n) is 15.6. The minimum absolute atomic E-state index is 0.0218. The standard InChI is InChI=1S/C20H19ClN4O3S/c1-28-14-7-4-5-12(9-14)10-23-20(27)18-16(22)17(25-29-18)19(26)24-11-13-6-2-3-8-15(13)21/h2-9H,10-11,22H2,1H3,(H,23,27)(H,24,26). The summed E-state index contributed by atoms with van der Waals surface area (Å²) >= 11 is 6.97. The Morgan fingerprint density at radius 3 is 2.62 bits per heavy atom. The second-order valence-electron chi connectivity index (χ2n) is 6.08. The van der Waals surface area contributed by atoms with E-state index < -0.39 is 11.8 Å². The largest absolute Gasteiger partial charge is 0.497 e. The van der Waals surface area contributed by atoms with Crippen LogP contribution in [-0.4, -0.2) is 23.3 Å². The fourth-order valence-corrected chi connectivity index (χ4v) is 3.49. The van der Waals surface area contributed by atoms with Gasteiger partial charge in [0.1, 0.15) is 10.6 Å². The molecule has 3 rings (SSSR count). The van der Waals surface area contributed by atoms with Crippen molar-refractivity contribution < 1.29 is 14.3 Å². The third-order valence-electron chi connectivity index (χ3n) is 4.13. The van der Waals surface area contributed by atoms with Crippen molar-refractivity contribution in [2.45, 2.75) is 13.1 Å². The molecular formula is C20H19ClN4O3S. The Kier molecular flexibility index (Phi) is 6.69. The number of nitrogens with zero attached hydrogens (tertiary/aromatic N) is 1. The molecule has 29 heavy (non-hydrogen) atoms. The van der Waals surface area contributed by atoms with Gasteiger partial charge in [0.05, 0.1) is 12.8 Å². The topological polar surface area (TPSA) is 106 Å². The molecule has 1 aromatic heterocycles. The third-order valence-corrected chi connectivity index (χ3v) is 5.36. The van der Waals surface area contributed by atoms with Crippen molar-refractivity contribution >= 4 is 40.6 Å². The zero-order valence-corrected chi connectivity index (χ0v) is 17.1. The number of amides is 2. The van der Waals surface area contributed by atoms with Gasteiger partial charge in [-0.3, -0.25) is 9.59 Å². The average Bonchev–Trinajstić information content (AvgIpc) is 3.13. The molecule has 0 saturated heterocycles. The molecule has 0 atom stereocenters. The van der Waals surface area contributed by atoms with Crippen LogP contribution in [0.3, 0.4) is 0 Å². The van der Waals surface area contributed by atoms with Gasteiger partial charge in [-0.1, -0.05) is 41.9 Å². The van der Waals surface area contributed by atoms with Crippen LogP contribution in [0.2, 0.25) is 5.02 Å². The summed E-state index contributed by atoms with van der Waals surface area (Å²) in [6, 6.07) is 14.5. The van der Waals surface area contributed by atoms with Crippen LogP contribution < -0.4 is 21.1 Å². The summed E-state index contributed by atoms with van der Waals surface area (Å²) in [7, 11) is 1.58. The molecule has 0 fully saturated rings. The number of carbonyl (C=O) groups excluding carboxylic acids is 2. The lowest BCUT2D eigenvalue weighted by Crippen LogP contribution is -2.25. The summed E-state index contributed by atoms with van der Waals surface area (Å²) in [6.45, 7) is 0.522. The lowest BCUT2D eigenvalue weighted by molar-refractivity contribution is 0.0946. The van der Waals surface area contributed by atoms with Crippen LogP contribution >= 0.6 is 23.1 Å². The monoisotopic (exact) mass is 430 g/mol. The van der Waals surface area contributed by atoms with Gasteiger partial charge in [0, 0.05) is 18.1 Å². The summed E-state index contributed by atoms with van der Waals surface area (Å²) in [5, 5.41) is 6.04. The van der Waals surface area contributed by atoms with Crippen LogP contribution in [0, 0.1) is 0 Å². The average molecular weight is 431 g/mol. The van der Waals surface area contributed by atoms with Gasteiger partial charge in [-0.15, -0.1) is 0 Å². The fraction of sp³-hybridized carbons (Fsp3) is 0.150. The molecule has 0 radical (unpaired) electrons. The highest BCUT2D eigenvalue weighted by molar-refractivity contribution is 7.09. The maximum atomic E-state index is 12.5. The van der Waals surface area contributed by atoms with Crippen molar-refractivity contribution in [3.05, 3.63) is 75.3 Å². The minimum atomic E-state index is -0.467. The molecule has 7 nitrogen and oxygen atoms in total. The number of carbonyl (C=O) groups is 2. The third kappa shape index (κ3) is 5.04. The Bertz CT molecular complexity index is 1040. The van der Waals surface area contributed by atoms with Crippen molar-refractivity contribution in [3.63, 3.8) is 0 Å². The molecule has 2 aromatic carbocycles. The molecule has 0 aliphatic heterocycles. The number of nitrogens with two attached hydrogens (primary N) is 1. The Hall–Kier alpha value is -3.10. The molecule has 4 N–H and O–H groups in total. The first-order chi connectivity index (χ1) is 14.0. The molecule has 0 unspecified atom stereocenters. The smallest absolute Gasteiger partial charge is 0.273 e. The molecule has 3 aromatic rings. The summed E-state index contributed by atoms with van der Waals surface area (Å²) in [5.41, 5.74) is 7.72. The van der Waals surface area contributed by atoms with E-state index in [9.17, 15) is 9.59 Å². The summed E-state index contributed by atoms with van der Waals surface area (Å²) in [6.07, 6.45) is 0. The van der Waals surface area contributed by atoms with Crippen LogP contribution in [-0.2, 0) is 13.1 Å². The quantitative estimate of drug-likeness (QED) is 0.533. The number of hydrogen-bond acceptors (Lipinski definition) is 6. The summed E-state index contributed by atoms with van der Waals surface area (Å²) < 4.78 is 9.21.